The molecule has 0 radical (unpaired) electrons. The lowest BCUT2D eigenvalue weighted by molar-refractivity contribution is -0.117. The molecule has 1 atom stereocenters. The van der Waals surface area contributed by atoms with Gasteiger partial charge in [-0.3, -0.25) is 14.5 Å². The molecule has 1 saturated heterocycles. The Morgan fingerprint density at radius 1 is 1.00 bits per heavy atom. The molecule has 1 aliphatic rings. The summed E-state index contributed by atoms with van der Waals surface area (Å²) in [7, 11) is 0. The van der Waals surface area contributed by atoms with E-state index in [1.807, 2.05) is 73.7 Å². The van der Waals surface area contributed by atoms with E-state index in [-0.39, 0.29) is 11.5 Å². The molecule has 3 aromatic rings. The van der Waals surface area contributed by atoms with Crippen molar-refractivity contribution >= 4 is 35.0 Å². The summed E-state index contributed by atoms with van der Waals surface area (Å²) in [4.78, 5) is 28.0. The Balaban J connectivity index is 1.75. The summed E-state index contributed by atoms with van der Waals surface area (Å²) in [5.41, 5.74) is 3.10. The maximum Gasteiger partial charge on any atom is 0.269 e. The zero-order chi connectivity index (χ0) is 22.5. The van der Waals surface area contributed by atoms with Crippen molar-refractivity contribution in [3.05, 3.63) is 107 Å². The lowest BCUT2D eigenvalue weighted by atomic mass is 10.1. The number of nitriles is 1. The highest BCUT2D eigenvalue weighted by atomic mass is 32.2. The number of hydrogen-bond donors (Lipinski definition) is 1. The molecule has 158 valence electrons. The fraction of sp³-hybridized carbons (Fsp3) is 0.115. The number of aryl methyl sites for hydroxylation is 1. The van der Waals surface area contributed by atoms with Crippen LogP contribution in [0.2, 0.25) is 0 Å². The van der Waals surface area contributed by atoms with Gasteiger partial charge in [-0.05, 0) is 42.7 Å². The van der Waals surface area contributed by atoms with Crippen molar-refractivity contribution in [2.24, 2.45) is 0 Å². The minimum Gasteiger partial charge on any atom is -0.321 e. The summed E-state index contributed by atoms with van der Waals surface area (Å²) in [5, 5.41) is 12.6. The fourth-order valence-electron chi connectivity index (χ4n) is 3.56. The van der Waals surface area contributed by atoms with Crippen molar-refractivity contribution in [1.82, 2.24) is 0 Å². The molecule has 1 fully saturated rings. The molecule has 1 N–H and O–H groups in total. The molecule has 4 rings (SSSR count). The molecular weight excluding hydrogens is 418 g/mol. The van der Waals surface area contributed by atoms with E-state index in [2.05, 4.69) is 5.32 Å². The average molecular weight is 440 g/mol. The van der Waals surface area contributed by atoms with Gasteiger partial charge in [-0.1, -0.05) is 78.5 Å². The summed E-state index contributed by atoms with van der Waals surface area (Å²) in [6.07, 6.45) is 0.509. The highest BCUT2D eigenvalue weighted by molar-refractivity contribution is 8.05. The van der Waals surface area contributed by atoms with Gasteiger partial charge in [-0.25, -0.2) is 0 Å². The zero-order valence-electron chi connectivity index (χ0n) is 17.5. The first-order valence-corrected chi connectivity index (χ1v) is 11.1. The SMILES string of the molecule is Cc1ccccc1N1C(=O)C(Cc2ccccc2)SC1=C(C#N)C(=O)Nc1ccccc1. The van der Waals surface area contributed by atoms with E-state index in [0.29, 0.717) is 22.8 Å². The third kappa shape index (κ3) is 4.43. The third-order valence-corrected chi connectivity index (χ3v) is 6.42. The van der Waals surface area contributed by atoms with Gasteiger partial charge in [0.1, 0.15) is 16.7 Å². The van der Waals surface area contributed by atoms with Crippen molar-refractivity contribution in [2.45, 2.75) is 18.6 Å². The third-order valence-electron chi connectivity index (χ3n) is 5.16. The molecule has 1 aliphatic heterocycles. The molecule has 5 nitrogen and oxygen atoms in total. The molecule has 0 bridgehead atoms. The van der Waals surface area contributed by atoms with E-state index in [1.165, 1.54) is 16.7 Å². The van der Waals surface area contributed by atoms with Crippen LogP contribution in [-0.2, 0) is 16.0 Å². The fourth-order valence-corrected chi connectivity index (χ4v) is 4.86. The predicted octanol–water partition coefficient (Wildman–Crippen LogP) is 5.06. The highest BCUT2D eigenvalue weighted by Gasteiger charge is 2.41. The Morgan fingerprint density at radius 2 is 1.62 bits per heavy atom. The molecule has 0 spiro atoms. The average Bonchev–Trinajstić information content (AvgIpc) is 3.11. The Hall–Kier alpha value is -3.82. The quantitative estimate of drug-likeness (QED) is 0.445. The van der Waals surface area contributed by atoms with Gasteiger partial charge in [-0.15, -0.1) is 0 Å². The number of rotatable bonds is 5. The minimum absolute atomic E-state index is 0.0778. The van der Waals surface area contributed by atoms with Crippen LogP contribution in [0.5, 0.6) is 0 Å². The number of para-hydroxylation sites is 2. The monoisotopic (exact) mass is 439 g/mol. The zero-order valence-corrected chi connectivity index (χ0v) is 18.3. The Kier molecular flexibility index (Phi) is 6.39. The topological polar surface area (TPSA) is 73.2 Å². The summed E-state index contributed by atoms with van der Waals surface area (Å²) < 4.78 is 0. The molecule has 32 heavy (non-hydrogen) atoms. The number of amides is 2. The standard InChI is InChI=1S/C26H21N3O2S/c1-18-10-8-9-15-22(18)29-25(31)23(16-19-11-4-2-5-12-19)32-26(29)21(17-27)24(30)28-20-13-6-3-7-14-20/h2-15,23H,16H2,1H3,(H,28,30). The van der Waals surface area contributed by atoms with E-state index in [4.69, 9.17) is 0 Å². The summed E-state index contributed by atoms with van der Waals surface area (Å²) in [6.45, 7) is 1.91. The van der Waals surface area contributed by atoms with Crippen molar-refractivity contribution in [2.75, 3.05) is 10.2 Å². The second kappa shape index (κ2) is 9.54. The summed E-state index contributed by atoms with van der Waals surface area (Å²) >= 11 is 1.27. The lowest BCUT2D eigenvalue weighted by Crippen LogP contribution is -2.31. The number of nitrogens with zero attached hydrogens (tertiary/aromatic N) is 2. The van der Waals surface area contributed by atoms with E-state index in [9.17, 15) is 14.9 Å². The van der Waals surface area contributed by atoms with Crippen LogP contribution >= 0.6 is 11.8 Å². The molecule has 0 saturated carbocycles. The molecule has 0 aliphatic carbocycles. The van der Waals surface area contributed by atoms with Crippen LogP contribution in [0.1, 0.15) is 11.1 Å². The van der Waals surface area contributed by atoms with Gasteiger partial charge in [0.25, 0.3) is 5.91 Å². The second-order valence-electron chi connectivity index (χ2n) is 7.37. The van der Waals surface area contributed by atoms with Crippen LogP contribution in [0.4, 0.5) is 11.4 Å². The van der Waals surface area contributed by atoms with Gasteiger partial charge in [0.15, 0.2) is 0 Å². The predicted molar refractivity (Wildman–Crippen MR) is 128 cm³/mol. The normalized spacial score (nSPS) is 17.1. The number of hydrogen-bond acceptors (Lipinski definition) is 4. The maximum atomic E-state index is 13.5. The minimum atomic E-state index is -0.534. The van der Waals surface area contributed by atoms with Crippen molar-refractivity contribution < 1.29 is 9.59 Å². The van der Waals surface area contributed by atoms with Crippen LogP contribution in [0.15, 0.2) is 95.5 Å². The number of benzene rings is 3. The molecule has 3 aromatic carbocycles. The first kappa shape index (κ1) is 21.4. The van der Waals surface area contributed by atoms with Crippen molar-refractivity contribution in [3.63, 3.8) is 0 Å². The van der Waals surface area contributed by atoms with E-state index < -0.39 is 11.2 Å². The molecule has 1 unspecified atom stereocenters. The largest absolute Gasteiger partial charge is 0.321 e. The summed E-state index contributed by atoms with van der Waals surface area (Å²) in [6, 6.07) is 28.2. The molecule has 0 aromatic heterocycles. The number of carbonyl (C=O) groups is 2. The summed E-state index contributed by atoms with van der Waals surface area (Å²) in [5.74, 6) is -0.670. The van der Waals surface area contributed by atoms with Gasteiger partial charge in [0, 0.05) is 5.69 Å². The molecule has 2 amide bonds. The van der Waals surface area contributed by atoms with Crippen LogP contribution in [0, 0.1) is 18.3 Å². The van der Waals surface area contributed by atoms with E-state index in [1.54, 1.807) is 24.3 Å². The van der Waals surface area contributed by atoms with Gasteiger partial charge < -0.3 is 5.32 Å². The van der Waals surface area contributed by atoms with Gasteiger partial charge >= 0.3 is 0 Å². The smallest absolute Gasteiger partial charge is 0.269 e. The molecular formula is C26H21N3O2S. The molecule has 6 heteroatoms. The van der Waals surface area contributed by atoms with E-state index in [0.717, 1.165) is 11.1 Å². The van der Waals surface area contributed by atoms with Crippen molar-refractivity contribution in [3.8, 4) is 6.07 Å². The van der Waals surface area contributed by atoms with Gasteiger partial charge in [-0.2, -0.15) is 5.26 Å². The lowest BCUT2D eigenvalue weighted by Gasteiger charge is -2.20. The Morgan fingerprint density at radius 3 is 2.28 bits per heavy atom. The number of carbonyl (C=O) groups excluding carboxylic acids is 2. The maximum absolute atomic E-state index is 13.5. The first-order chi connectivity index (χ1) is 15.6. The highest BCUT2D eigenvalue weighted by Crippen LogP contribution is 2.42. The van der Waals surface area contributed by atoms with Crippen molar-refractivity contribution in [1.29, 1.82) is 5.26 Å². The number of nitrogens with one attached hydrogen (secondary N) is 1. The van der Waals surface area contributed by atoms with Crippen LogP contribution in [0.3, 0.4) is 0 Å². The van der Waals surface area contributed by atoms with E-state index >= 15 is 0 Å². The first-order valence-electron chi connectivity index (χ1n) is 10.2. The van der Waals surface area contributed by atoms with Crippen LogP contribution in [-0.4, -0.2) is 17.1 Å². The number of anilines is 2. The molecule has 1 heterocycles. The Labute approximate surface area is 191 Å². The van der Waals surface area contributed by atoms with Crippen LogP contribution < -0.4 is 10.2 Å². The second-order valence-corrected chi connectivity index (χ2v) is 8.56. The number of thioether (sulfide) groups is 1. The Bertz CT molecular complexity index is 1220. The van der Waals surface area contributed by atoms with Gasteiger partial charge in [0.2, 0.25) is 5.91 Å². The van der Waals surface area contributed by atoms with Crippen LogP contribution in [0.25, 0.3) is 0 Å². The van der Waals surface area contributed by atoms with Gasteiger partial charge in [0.05, 0.1) is 10.9 Å².